The van der Waals surface area contributed by atoms with Crippen LogP contribution in [-0.4, -0.2) is 24.5 Å². The molecule has 1 unspecified atom stereocenters. The smallest absolute Gasteiger partial charge is 0.333 e. The number of ether oxygens (including phenoxy) is 1. The molecule has 1 fully saturated rings. The lowest BCUT2D eigenvalue weighted by atomic mass is 9.96. The van der Waals surface area contributed by atoms with E-state index in [2.05, 4.69) is 10.3 Å². The number of halogens is 3. The predicted octanol–water partition coefficient (Wildman–Crippen LogP) is 3.09. The molecule has 2 aliphatic heterocycles. The molecule has 0 aromatic rings. The summed E-state index contributed by atoms with van der Waals surface area (Å²) >= 11 is 6.05. The van der Waals surface area contributed by atoms with Crippen LogP contribution in [0.1, 0.15) is 32.1 Å². The summed E-state index contributed by atoms with van der Waals surface area (Å²) in [6.07, 6.45) is 2.81. The second-order valence-corrected chi connectivity index (χ2v) is 5.84. The highest BCUT2D eigenvalue weighted by Gasteiger charge is 2.34. The van der Waals surface area contributed by atoms with Crippen LogP contribution in [0.2, 0.25) is 0 Å². The SMILES string of the molecule is O=C1C=C(CCCC2CC2)C2=C(Cl)NC(C(F)F)=NC2O1. The minimum Gasteiger partial charge on any atom is -0.432 e. The van der Waals surface area contributed by atoms with E-state index in [1.165, 1.54) is 18.9 Å². The lowest BCUT2D eigenvalue weighted by Gasteiger charge is -2.29. The Kier molecular flexibility index (Phi) is 3.97. The fourth-order valence-electron chi connectivity index (χ4n) is 2.57. The van der Waals surface area contributed by atoms with Crippen molar-refractivity contribution in [2.75, 3.05) is 0 Å². The molecule has 0 aromatic heterocycles. The van der Waals surface area contributed by atoms with Gasteiger partial charge in [0.2, 0.25) is 6.23 Å². The van der Waals surface area contributed by atoms with E-state index in [-0.39, 0.29) is 5.16 Å². The third-order valence-electron chi connectivity index (χ3n) is 3.81. The summed E-state index contributed by atoms with van der Waals surface area (Å²) < 4.78 is 30.4. The Hall–Kier alpha value is -1.43. The number of fused-ring (bicyclic) bond motifs is 1. The molecule has 3 aliphatic rings. The molecular formula is C14H15ClF2N2O2. The zero-order valence-electron chi connectivity index (χ0n) is 11.2. The van der Waals surface area contributed by atoms with E-state index in [4.69, 9.17) is 16.3 Å². The highest BCUT2D eigenvalue weighted by Crippen LogP contribution is 2.37. The number of esters is 1. The number of carbonyl (C=O) groups is 1. The molecule has 1 saturated carbocycles. The molecule has 0 bridgehead atoms. The van der Waals surface area contributed by atoms with Crippen LogP contribution in [0.25, 0.3) is 0 Å². The fourth-order valence-corrected chi connectivity index (χ4v) is 2.88. The summed E-state index contributed by atoms with van der Waals surface area (Å²) in [6, 6.07) is 0. The van der Waals surface area contributed by atoms with E-state index in [0.717, 1.165) is 24.3 Å². The van der Waals surface area contributed by atoms with Gasteiger partial charge in [-0.1, -0.05) is 30.9 Å². The van der Waals surface area contributed by atoms with Crippen LogP contribution in [0, 0.1) is 5.92 Å². The van der Waals surface area contributed by atoms with E-state index in [1.807, 2.05) is 0 Å². The van der Waals surface area contributed by atoms with Gasteiger partial charge in [0.05, 0.1) is 5.57 Å². The van der Waals surface area contributed by atoms with Gasteiger partial charge in [0.25, 0.3) is 6.43 Å². The summed E-state index contributed by atoms with van der Waals surface area (Å²) in [5.74, 6) is -0.330. The molecule has 4 nitrogen and oxygen atoms in total. The van der Waals surface area contributed by atoms with Crippen molar-refractivity contribution >= 4 is 23.4 Å². The zero-order valence-corrected chi connectivity index (χ0v) is 12.0. The van der Waals surface area contributed by atoms with Gasteiger partial charge in [-0.15, -0.1) is 0 Å². The van der Waals surface area contributed by atoms with Crippen LogP contribution < -0.4 is 5.32 Å². The Balaban J connectivity index is 1.77. The van der Waals surface area contributed by atoms with Gasteiger partial charge in [0.15, 0.2) is 5.84 Å². The zero-order chi connectivity index (χ0) is 15.0. The number of carbonyl (C=O) groups excluding carboxylic acids is 1. The van der Waals surface area contributed by atoms with Crippen molar-refractivity contribution in [3.8, 4) is 0 Å². The van der Waals surface area contributed by atoms with E-state index in [9.17, 15) is 13.6 Å². The normalized spacial score (nSPS) is 25.1. The number of amidine groups is 1. The molecule has 0 radical (unpaired) electrons. The lowest BCUT2D eigenvalue weighted by Crippen LogP contribution is -2.39. The van der Waals surface area contributed by atoms with E-state index in [1.54, 1.807) is 0 Å². The van der Waals surface area contributed by atoms with Gasteiger partial charge in [0, 0.05) is 6.08 Å². The number of hydrogen-bond donors (Lipinski definition) is 1. The standard InChI is InChI=1S/C14H15ClF2N2O2/c15-11-10-8(3-1-2-7-4-5-7)6-9(20)21-14(10)19-13(18-11)12(16)17/h6-7,12,14H,1-5H2,(H,18,19). The number of alkyl halides is 2. The first-order valence-corrected chi connectivity index (χ1v) is 7.36. The Morgan fingerprint density at radius 3 is 2.90 bits per heavy atom. The summed E-state index contributed by atoms with van der Waals surface area (Å²) in [5.41, 5.74) is 1.22. The summed E-state index contributed by atoms with van der Waals surface area (Å²) in [7, 11) is 0. The summed E-state index contributed by atoms with van der Waals surface area (Å²) in [5, 5.41) is 2.45. The van der Waals surface area contributed by atoms with E-state index < -0.39 is 24.5 Å². The topological polar surface area (TPSA) is 50.7 Å². The van der Waals surface area contributed by atoms with Crippen LogP contribution in [0.15, 0.2) is 27.4 Å². The molecule has 0 aromatic carbocycles. The minimum absolute atomic E-state index is 0.0653. The summed E-state index contributed by atoms with van der Waals surface area (Å²) in [6.45, 7) is 0. The van der Waals surface area contributed by atoms with Crippen molar-refractivity contribution in [2.24, 2.45) is 10.9 Å². The Morgan fingerprint density at radius 2 is 2.24 bits per heavy atom. The van der Waals surface area contributed by atoms with Gasteiger partial charge in [-0.2, -0.15) is 0 Å². The van der Waals surface area contributed by atoms with E-state index in [0.29, 0.717) is 12.0 Å². The van der Waals surface area contributed by atoms with Gasteiger partial charge < -0.3 is 10.1 Å². The Morgan fingerprint density at radius 1 is 1.48 bits per heavy atom. The van der Waals surface area contributed by atoms with Crippen LogP contribution in [0.5, 0.6) is 0 Å². The van der Waals surface area contributed by atoms with Crippen molar-refractivity contribution in [3.63, 3.8) is 0 Å². The van der Waals surface area contributed by atoms with Gasteiger partial charge in [-0.3, -0.25) is 0 Å². The average Bonchev–Trinajstić information content (AvgIpc) is 3.21. The van der Waals surface area contributed by atoms with Gasteiger partial charge in [-0.05, 0) is 24.3 Å². The third-order valence-corrected chi connectivity index (χ3v) is 4.10. The quantitative estimate of drug-likeness (QED) is 0.626. The number of rotatable bonds is 5. The number of nitrogens with zero attached hydrogens (tertiary/aromatic N) is 1. The first kappa shape index (κ1) is 14.5. The van der Waals surface area contributed by atoms with Crippen LogP contribution in [0.3, 0.4) is 0 Å². The summed E-state index contributed by atoms with van der Waals surface area (Å²) in [4.78, 5) is 15.3. The van der Waals surface area contributed by atoms with Crippen molar-refractivity contribution in [3.05, 3.63) is 22.4 Å². The lowest BCUT2D eigenvalue weighted by molar-refractivity contribution is -0.141. The molecule has 0 saturated heterocycles. The van der Waals surface area contributed by atoms with Crippen LogP contribution in [-0.2, 0) is 9.53 Å². The van der Waals surface area contributed by atoms with Gasteiger partial charge >= 0.3 is 5.97 Å². The average molecular weight is 317 g/mol. The van der Waals surface area contributed by atoms with Crippen LogP contribution in [0.4, 0.5) is 8.78 Å². The fraction of sp³-hybridized carbons (Fsp3) is 0.571. The molecule has 7 heteroatoms. The molecule has 1 N–H and O–H groups in total. The largest absolute Gasteiger partial charge is 0.432 e. The second kappa shape index (κ2) is 5.75. The number of aliphatic imine (C=N–C) groups is 1. The Bertz CT molecular complexity index is 553. The minimum atomic E-state index is -2.79. The van der Waals surface area contributed by atoms with Crippen LogP contribution >= 0.6 is 11.6 Å². The molecular weight excluding hydrogens is 302 g/mol. The number of hydrogen-bond acceptors (Lipinski definition) is 4. The second-order valence-electron chi connectivity index (χ2n) is 5.46. The number of nitrogens with one attached hydrogen (secondary N) is 1. The van der Waals surface area contributed by atoms with Crippen molar-refractivity contribution < 1.29 is 18.3 Å². The highest BCUT2D eigenvalue weighted by molar-refractivity contribution is 6.31. The maximum atomic E-state index is 12.7. The molecule has 114 valence electrons. The first-order chi connectivity index (χ1) is 10.0. The molecule has 0 amide bonds. The monoisotopic (exact) mass is 316 g/mol. The van der Waals surface area contributed by atoms with Crippen molar-refractivity contribution in [2.45, 2.75) is 44.8 Å². The van der Waals surface area contributed by atoms with Gasteiger partial charge in [-0.25, -0.2) is 18.6 Å². The first-order valence-electron chi connectivity index (χ1n) is 6.98. The Labute approximate surface area is 125 Å². The maximum absolute atomic E-state index is 12.7. The predicted molar refractivity (Wildman–Crippen MR) is 74.0 cm³/mol. The van der Waals surface area contributed by atoms with E-state index >= 15 is 0 Å². The molecule has 1 aliphatic carbocycles. The molecule has 3 rings (SSSR count). The van der Waals surface area contributed by atoms with Crippen molar-refractivity contribution in [1.29, 1.82) is 0 Å². The third kappa shape index (κ3) is 3.26. The van der Waals surface area contributed by atoms with Gasteiger partial charge in [0.1, 0.15) is 5.16 Å². The van der Waals surface area contributed by atoms with Crippen molar-refractivity contribution in [1.82, 2.24) is 5.32 Å². The molecule has 0 spiro atoms. The maximum Gasteiger partial charge on any atom is 0.333 e. The molecule has 1 atom stereocenters. The molecule has 21 heavy (non-hydrogen) atoms. The molecule has 2 heterocycles. The highest BCUT2D eigenvalue weighted by atomic mass is 35.5.